The van der Waals surface area contributed by atoms with E-state index in [1.807, 2.05) is 0 Å². The summed E-state index contributed by atoms with van der Waals surface area (Å²) in [6.07, 6.45) is -3.95. The van der Waals surface area contributed by atoms with E-state index >= 15 is 0 Å². The van der Waals surface area contributed by atoms with Crippen molar-refractivity contribution in [1.82, 2.24) is 4.98 Å². The number of hydrogen-bond acceptors (Lipinski definition) is 4. The number of aromatic nitrogens is 1. The summed E-state index contributed by atoms with van der Waals surface area (Å²) in [6, 6.07) is 1.41. The highest BCUT2D eigenvalue weighted by Crippen LogP contribution is 2.41. The number of H-pyrrole nitrogens is 1. The van der Waals surface area contributed by atoms with Crippen molar-refractivity contribution in [2.45, 2.75) is 68.2 Å². The van der Waals surface area contributed by atoms with Gasteiger partial charge >= 0.3 is 13.3 Å². The molecule has 1 aromatic carbocycles. The maximum Gasteiger partial charge on any atom is 0.496 e. The van der Waals surface area contributed by atoms with E-state index in [-0.39, 0.29) is 15.9 Å². The first-order chi connectivity index (χ1) is 13.1. The Balaban J connectivity index is 1.98. The van der Waals surface area contributed by atoms with Crippen LogP contribution >= 0.6 is 0 Å². The molecule has 2 aliphatic rings. The summed E-state index contributed by atoms with van der Waals surface area (Å²) in [5.41, 5.74) is -3.86. The summed E-state index contributed by atoms with van der Waals surface area (Å²) in [4.78, 5) is 2.47. The number of aromatic amines is 1. The van der Waals surface area contributed by atoms with Gasteiger partial charge in [-0.1, -0.05) is 0 Å². The molecule has 1 N–H and O–H groups in total. The summed E-state index contributed by atoms with van der Waals surface area (Å²) in [6.45, 7) is 6.73. The third kappa shape index (κ3) is 3.18. The van der Waals surface area contributed by atoms with Gasteiger partial charge in [-0.3, -0.25) is 0 Å². The fraction of sp³-hybridized carbons (Fsp3) is 0.556. The fourth-order valence-corrected chi connectivity index (χ4v) is 5.06. The van der Waals surface area contributed by atoms with Gasteiger partial charge in [-0.15, -0.1) is 0 Å². The Bertz CT molecular complexity index is 1090. The average molecular weight is 433 g/mol. The largest absolute Gasteiger partial charge is 0.496 e. The SMILES string of the molecule is CC1(C)OB(c2c(C(F)(F)F)cc(F)c3[nH]c(S(=O)(=O)C4CC4)cc23)OC1(C)C. The van der Waals surface area contributed by atoms with Gasteiger partial charge < -0.3 is 14.3 Å². The van der Waals surface area contributed by atoms with Crippen LogP contribution < -0.4 is 5.46 Å². The Kier molecular flexibility index (Phi) is 4.26. The van der Waals surface area contributed by atoms with Crippen molar-refractivity contribution in [2.24, 2.45) is 0 Å². The van der Waals surface area contributed by atoms with E-state index < -0.39 is 56.4 Å². The number of sulfone groups is 1. The summed E-state index contributed by atoms with van der Waals surface area (Å²) >= 11 is 0. The van der Waals surface area contributed by atoms with Crippen molar-refractivity contribution >= 4 is 33.3 Å². The zero-order valence-corrected chi connectivity index (χ0v) is 17.1. The van der Waals surface area contributed by atoms with Gasteiger partial charge in [0.2, 0.25) is 0 Å². The van der Waals surface area contributed by atoms with E-state index in [1.54, 1.807) is 27.7 Å². The van der Waals surface area contributed by atoms with E-state index in [0.717, 1.165) is 6.07 Å². The van der Waals surface area contributed by atoms with Crippen LogP contribution in [0, 0.1) is 5.82 Å². The number of fused-ring (bicyclic) bond motifs is 1. The van der Waals surface area contributed by atoms with Crippen LogP contribution in [0.25, 0.3) is 10.9 Å². The third-order valence-electron chi connectivity index (χ3n) is 5.95. The lowest BCUT2D eigenvalue weighted by Crippen LogP contribution is -2.41. The lowest BCUT2D eigenvalue weighted by atomic mass is 9.73. The predicted molar refractivity (Wildman–Crippen MR) is 99.2 cm³/mol. The van der Waals surface area contributed by atoms with Gasteiger partial charge in [-0.25, -0.2) is 12.8 Å². The topological polar surface area (TPSA) is 68.4 Å². The zero-order chi connectivity index (χ0) is 21.6. The molecule has 0 bridgehead atoms. The molecule has 4 rings (SSSR count). The van der Waals surface area contributed by atoms with E-state index in [0.29, 0.717) is 18.9 Å². The molecule has 0 amide bonds. The zero-order valence-electron chi connectivity index (χ0n) is 16.3. The first-order valence-electron chi connectivity index (χ1n) is 9.17. The Morgan fingerprint density at radius 1 is 1.10 bits per heavy atom. The minimum atomic E-state index is -4.89. The van der Waals surface area contributed by atoms with Gasteiger partial charge in [0.15, 0.2) is 9.84 Å². The van der Waals surface area contributed by atoms with Gasteiger partial charge in [-0.05, 0) is 52.7 Å². The second-order valence-electron chi connectivity index (χ2n) is 8.57. The normalized spacial score (nSPS) is 21.9. The maximum atomic E-state index is 14.6. The Hall–Kier alpha value is -1.59. The molecule has 1 saturated heterocycles. The van der Waals surface area contributed by atoms with Crippen LogP contribution in [-0.4, -0.2) is 37.0 Å². The van der Waals surface area contributed by atoms with Crippen molar-refractivity contribution in [3.05, 3.63) is 23.5 Å². The molecule has 29 heavy (non-hydrogen) atoms. The van der Waals surface area contributed by atoms with Crippen LogP contribution in [0.3, 0.4) is 0 Å². The van der Waals surface area contributed by atoms with Crippen LogP contribution in [0.4, 0.5) is 17.6 Å². The highest BCUT2D eigenvalue weighted by molar-refractivity contribution is 7.92. The standard InChI is InChI=1S/C18H20BF4NO4S/c1-16(2)17(3,4)28-19(27-16)14-10-7-13(29(25,26)9-5-6-9)24-15(10)12(20)8-11(14)18(21,22)23/h7-9,24H,5-6H2,1-4H3. The van der Waals surface area contributed by atoms with Crippen molar-refractivity contribution in [1.29, 1.82) is 0 Å². The monoisotopic (exact) mass is 433 g/mol. The van der Waals surface area contributed by atoms with Crippen molar-refractivity contribution in [3.8, 4) is 0 Å². The minimum absolute atomic E-state index is 0.213. The molecule has 2 aromatic rings. The fourth-order valence-electron chi connectivity index (χ4n) is 3.41. The van der Waals surface area contributed by atoms with Gasteiger partial charge in [-0.2, -0.15) is 13.2 Å². The first-order valence-corrected chi connectivity index (χ1v) is 10.7. The molecule has 5 nitrogen and oxygen atoms in total. The van der Waals surface area contributed by atoms with Crippen molar-refractivity contribution < 1.29 is 35.3 Å². The number of rotatable bonds is 3. The molecule has 1 aliphatic carbocycles. The van der Waals surface area contributed by atoms with E-state index in [9.17, 15) is 26.0 Å². The molecule has 0 atom stereocenters. The van der Waals surface area contributed by atoms with E-state index in [1.165, 1.54) is 0 Å². The Morgan fingerprint density at radius 3 is 2.14 bits per heavy atom. The number of hydrogen-bond donors (Lipinski definition) is 1. The summed E-state index contributed by atoms with van der Waals surface area (Å²) < 4.78 is 92.5. The lowest BCUT2D eigenvalue weighted by Gasteiger charge is -2.32. The molecule has 2 heterocycles. The smallest absolute Gasteiger partial charge is 0.399 e. The molecule has 1 aromatic heterocycles. The quantitative estimate of drug-likeness (QED) is 0.594. The third-order valence-corrected chi connectivity index (χ3v) is 8.13. The molecule has 2 fully saturated rings. The summed E-state index contributed by atoms with van der Waals surface area (Å²) in [5.74, 6) is -1.19. The van der Waals surface area contributed by atoms with Gasteiger partial charge in [0.1, 0.15) is 10.8 Å². The highest BCUT2D eigenvalue weighted by Gasteiger charge is 2.54. The molecule has 1 saturated carbocycles. The van der Waals surface area contributed by atoms with Crippen LogP contribution in [0.2, 0.25) is 0 Å². The molecule has 0 unspecified atom stereocenters. The van der Waals surface area contributed by atoms with Gasteiger partial charge in [0, 0.05) is 10.8 Å². The Morgan fingerprint density at radius 2 is 1.66 bits per heavy atom. The Labute approximate surface area is 165 Å². The average Bonchev–Trinajstić information content (AvgIpc) is 3.27. The van der Waals surface area contributed by atoms with Crippen LogP contribution in [0.5, 0.6) is 0 Å². The number of benzene rings is 1. The molecular weight excluding hydrogens is 413 g/mol. The molecule has 0 radical (unpaired) electrons. The summed E-state index contributed by atoms with van der Waals surface area (Å²) in [7, 11) is -5.20. The molecule has 11 heteroatoms. The molecular formula is C18H20BF4NO4S. The van der Waals surface area contributed by atoms with E-state index in [2.05, 4.69) is 4.98 Å². The van der Waals surface area contributed by atoms with Crippen LogP contribution in [0.1, 0.15) is 46.1 Å². The second-order valence-corrected chi connectivity index (χ2v) is 10.8. The number of alkyl halides is 3. The van der Waals surface area contributed by atoms with Crippen LogP contribution in [0.15, 0.2) is 17.2 Å². The number of halogens is 4. The summed E-state index contributed by atoms with van der Waals surface area (Å²) in [5, 5.41) is -1.11. The predicted octanol–water partition coefficient (Wildman–Crippen LogP) is 3.56. The first kappa shape index (κ1) is 20.7. The van der Waals surface area contributed by atoms with Crippen LogP contribution in [-0.2, 0) is 25.3 Å². The highest BCUT2D eigenvalue weighted by atomic mass is 32.2. The number of nitrogens with one attached hydrogen (secondary N) is 1. The molecule has 1 aliphatic heterocycles. The second kappa shape index (κ2) is 5.98. The van der Waals surface area contributed by atoms with Crippen molar-refractivity contribution in [2.75, 3.05) is 0 Å². The maximum absolute atomic E-state index is 14.6. The van der Waals surface area contributed by atoms with Gasteiger partial charge in [0.25, 0.3) is 0 Å². The molecule has 0 spiro atoms. The lowest BCUT2D eigenvalue weighted by molar-refractivity contribution is -0.137. The molecule has 158 valence electrons. The van der Waals surface area contributed by atoms with E-state index in [4.69, 9.17) is 9.31 Å². The minimum Gasteiger partial charge on any atom is -0.399 e. The van der Waals surface area contributed by atoms with Crippen molar-refractivity contribution in [3.63, 3.8) is 0 Å². The van der Waals surface area contributed by atoms with Gasteiger partial charge in [0.05, 0.1) is 27.5 Å².